The maximum Gasteiger partial charge on any atom is 0.0898 e. The van der Waals surface area contributed by atoms with E-state index in [0.717, 1.165) is 17.2 Å². The van der Waals surface area contributed by atoms with Crippen molar-refractivity contribution < 1.29 is 0 Å². The van der Waals surface area contributed by atoms with Crippen molar-refractivity contribution in [2.45, 2.75) is 34.2 Å². The lowest BCUT2D eigenvalue weighted by molar-refractivity contribution is 0.674. The molecule has 0 saturated carbocycles. The third kappa shape index (κ3) is 3.47. The fourth-order valence-electron chi connectivity index (χ4n) is 1.20. The summed E-state index contributed by atoms with van der Waals surface area (Å²) >= 11 is 1.68. The molecular weight excluding hydrogens is 206 g/mol. The van der Waals surface area contributed by atoms with E-state index in [1.807, 2.05) is 44.8 Å². The van der Waals surface area contributed by atoms with Crippen molar-refractivity contribution in [1.82, 2.24) is 14.8 Å². The SMILES string of the molecule is CC.Cc1cnn(Cc2csc(C)n2)c1. The van der Waals surface area contributed by atoms with Gasteiger partial charge in [0.25, 0.3) is 0 Å². The average molecular weight is 223 g/mol. The maximum atomic E-state index is 4.37. The van der Waals surface area contributed by atoms with E-state index in [1.54, 1.807) is 11.3 Å². The van der Waals surface area contributed by atoms with Gasteiger partial charge in [-0.3, -0.25) is 4.68 Å². The second kappa shape index (κ2) is 5.66. The lowest BCUT2D eigenvalue weighted by atomic mass is 10.4. The van der Waals surface area contributed by atoms with Gasteiger partial charge in [0.05, 0.1) is 23.4 Å². The van der Waals surface area contributed by atoms with E-state index in [-0.39, 0.29) is 0 Å². The molecule has 0 spiro atoms. The van der Waals surface area contributed by atoms with E-state index >= 15 is 0 Å². The van der Waals surface area contributed by atoms with E-state index in [1.165, 1.54) is 5.56 Å². The molecule has 4 heteroatoms. The Labute approximate surface area is 94.8 Å². The first-order chi connectivity index (χ1) is 7.24. The van der Waals surface area contributed by atoms with Gasteiger partial charge in [0.15, 0.2) is 0 Å². The number of hydrogen-bond donors (Lipinski definition) is 0. The lowest BCUT2D eigenvalue weighted by Gasteiger charge is -1.95. The molecule has 15 heavy (non-hydrogen) atoms. The van der Waals surface area contributed by atoms with E-state index < -0.39 is 0 Å². The molecule has 0 N–H and O–H groups in total. The minimum atomic E-state index is 0.776. The first-order valence-corrected chi connectivity index (χ1v) is 6.02. The molecule has 0 unspecified atom stereocenters. The van der Waals surface area contributed by atoms with Crippen molar-refractivity contribution in [3.8, 4) is 0 Å². The Balaban J connectivity index is 0.000000531. The van der Waals surface area contributed by atoms with Gasteiger partial charge in [0.1, 0.15) is 0 Å². The predicted octanol–water partition coefficient (Wildman–Crippen LogP) is 3.03. The number of aryl methyl sites for hydroxylation is 2. The molecule has 0 aromatic carbocycles. The highest BCUT2D eigenvalue weighted by Gasteiger charge is 1.99. The van der Waals surface area contributed by atoms with Gasteiger partial charge in [-0.2, -0.15) is 5.10 Å². The summed E-state index contributed by atoms with van der Waals surface area (Å²) in [5.74, 6) is 0. The fourth-order valence-corrected chi connectivity index (χ4v) is 1.80. The number of nitrogens with zero attached hydrogens (tertiary/aromatic N) is 3. The molecule has 0 atom stereocenters. The first kappa shape index (κ1) is 11.9. The van der Waals surface area contributed by atoms with Crippen LogP contribution in [0, 0.1) is 13.8 Å². The van der Waals surface area contributed by atoms with Crippen LogP contribution in [0.4, 0.5) is 0 Å². The molecule has 2 aromatic rings. The topological polar surface area (TPSA) is 30.7 Å². The summed E-state index contributed by atoms with van der Waals surface area (Å²) in [7, 11) is 0. The predicted molar refractivity (Wildman–Crippen MR) is 64.3 cm³/mol. The Morgan fingerprint density at radius 2 is 2.07 bits per heavy atom. The van der Waals surface area contributed by atoms with Gasteiger partial charge in [-0.15, -0.1) is 11.3 Å². The molecule has 0 saturated heterocycles. The minimum absolute atomic E-state index is 0.776. The summed E-state index contributed by atoms with van der Waals surface area (Å²) in [6.45, 7) is 8.83. The summed E-state index contributed by atoms with van der Waals surface area (Å²) < 4.78 is 1.91. The highest BCUT2D eigenvalue weighted by Crippen LogP contribution is 2.09. The minimum Gasteiger partial charge on any atom is -0.266 e. The van der Waals surface area contributed by atoms with Gasteiger partial charge in [-0.05, 0) is 19.4 Å². The quantitative estimate of drug-likeness (QED) is 0.783. The molecule has 0 bridgehead atoms. The third-order valence-electron chi connectivity index (χ3n) is 1.75. The molecule has 2 heterocycles. The molecule has 2 rings (SSSR count). The zero-order valence-corrected chi connectivity index (χ0v) is 10.5. The molecule has 82 valence electrons. The first-order valence-electron chi connectivity index (χ1n) is 5.14. The van der Waals surface area contributed by atoms with Crippen LogP contribution in [-0.2, 0) is 6.54 Å². The largest absolute Gasteiger partial charge is 0.266 e. The van der Waals surface area contributed by atoms with Crippen molar-refractivity contribution in [2.75, 3.05) is 0 Å². The third-order valence-corrected chi connectivity index (χ3v) is 2.58. The van der Waals surface area contributed by atoms with Gasteiger partial charge in [0, 0.05) is 11.6 Å². The number of rotatable bonds is 2. The summed E-state index contributed by atoms with van der Waals surface area (Å²) in [6.07, 6.45) is 3.88. The Morgan fingerprint density at radius 1 is 1.33 bits per heavy atom. The second-order valence-corrected chi connectivity index (χ2v) is 4.14. The zero-order valence-electron chi connectivity index (χ0n) is 9.69. The Morgan fingerprint density at radius 3 is 2.53 bits per heavy atom. The molecule has 0 radical (unpaired) electrons. The van der Waals surface area contributed by atoms with Crippen LogP contribution in [0.15, 0.2) is 17.8 Å². The van der Waals surface area contributed by atoms with Crippen LogP contribution in [-0.4, -0.2) is 14.8 Å². The molecule has 0 aliphatic rings. The zero-order chi connectivity index (χ0) is 11.3. The second-order valence-electron chi connectivity index (χ2n) is 3.07. The van der Waals surface area contributed by atoms with Crippen LogP contribution in [0.5, 0.6) is 0 Å². The normalized spacial score (nSPS) is 9.60. The van der Waals surface area contributed by atoms with E-state index in [9.17, 15) is 0 Å². The van der Waals surface area contributed by atoms with Crippen LogP contribution in [0.2, 0.25) is 0 Å². The van der Waals surface area contributed by atoms with Crippen molar-refractivity contribution in [1.29, 1.82) is 0 Å². The molecule has 0 fully saturated rings. The summed E-state index contributed by atoms with van der Waals surface area (Å²) in [4.78, 5) is 4.37. The van der Waals surface area contributed by atoms with Crippen molar-refractivity contribution >= 4 is 11.3 Å². The molecular formula is C11H17N3S. The highest BCUT2D eigenvalue weighted by molar-refractivity contribution is 7.09. The van der Waals surface area contributed by atoms with Crippen LogP contribution in [0.25, 0.3) is 0 Å². The van der Waals surface area contributed by atoms with E-state index in [2.05, 4.69) is 15.5 Å². The Bertz CT molecular complexity index is 365. The monoisotopic (exact) mass is 223 g/mol. The fraction of sp³-hybridized carbons (Fsp3) is 0.455. The van der Waals surface area contributed by atoms with Gasteiger partial charge in [-0.25, -0.2) is 4.98 Å². The van der Waals surface area contributed by atoms with Crippen molar-refractivity contribution in [3.05, 3.63) is 34.0 Å². The Hall–Kier alpha value is -1.16. The van der Waals surface area contributed by atoms with Crippen molar-refractivity contribution in [3.63, 3.8) is 0 Å². The molecule has 0 aliphatic heterocycles. The smallest absolute Gasteiger partial charge is 0.0898 e. The molecule has 2 aromatic heterocycles. The maximum absolute atomic E-state index is 4.37. The number of thiazole rings is 1. The summed E-state index contributed by atoms with van der Waals surface area (Å²) in [5, 5.41) is 7.39. The van der Waals surface area contributed by atoms with Crippen LogP contribution in [0.3, 0.4) is 0 Å². The highest BCUT2D eigenvalue weighted by atomic mass is 32.1. The van der Waals surface area contributed by atoms with E-state index in [4.69, 9.17) is 0 Å². The van der Waals surface area contributed by atoms with Gasteiger partial charge >= 0.3 is 0 Å². The standard InChI is InChI=1S/C9H11N3S.C2H6/c1-7-3-10-12(4-7)5-9-6-13-8(2)11-9;1-2/h3-4,6H,5H2,1-2H3;1-2H3. The van der Waals surface area contributed by atoms with Gasteiger partial charge in [-0.1, -0.05) is 13.8 Å². The molecule has 0 aliphatic carbocycles. The van der Waals surface area contributed by atoms with Gasteiger partial charge in [0.2, 0.25) is 0 Å². The van der Waals surface area contributed by atoms with Crippen molar-refractivity contribution in [2.24, 2.45) is 0 Å². The van der Waals surface area contributed by atoms with E-state index in [0.29, 0.717) is 0 Å². The Kier molecular flexibility index (Phi) is 4.49. The molecule has 0 amide bonds. The molecule has 3 nitrogen and oxygen atoms in total. The number of aromatic nitrogens is 3. The van der Waals surface area contributed by atoms with Crippen LogP contribution >= 0.6 is 11.3 Å². The average Bonchev–Trinajstić information content (AvgIpc) is 2.80. The number of hydrogen-bond acceptors (Lipinski definition) is 3. The van der Waals surface area contributed by atoms with Crippen LogP contribution < -0.4 is 0 Å². The summed E-state index contributed by atoms with van der Waals surface area (Å²) in [6, 6.07) is 0. The summed E-state index contributed by atoms with van der Waals surface area (Å²) in [5.41, 5.74) is 2.28. The van der Waals surface area contributed by atoms with Crippen LogP contribution in [0.1, 0.15) is 30.1 Å². The van der Waals surface area contributed by atoms with Gasteiger partial charge < -0.3 is 0 Å². The lowest BCUT2D eigenvalue weighted by Crippen LogP contribution is -1.99.